The van der Waals surface area contributed by atoms with E-state index < -0.39 is 12.0 Å². The molecule has 2 aromatic rings. The molecule has 1 aromatic carbocycles. The van der Waals surface area contributed by atoms with Crippen LogP contribution in [0.25, 0.3) is 11.0 Å². The molecule has 0 bridgehead atoms. The normalized spacial score (nSPS) is 12.0. The zero-order chi connectivity index (χ0) is 11.1. The molecule has 0 atom stereocenters. The van der Waals surface area contributed by atoms with Crippen LogP contribution in [0.4, 0.5) is 13.2 Å². The molecule has 6 heteroatoms. The van der Waals surface area contributed by atoms with E-state index in [9.17, 15) is 13.2 Å². The number of para-hydroxylation sites is 1. The summed E-state index contributed by atoms with van der Waals surface area (Å²) >= 11 is 0. The number of hydrogen-bond acceptors (Lipinski definition) is 2. The molecule has 0 spiro atoms. The standard InChI is InChI=1S/C9H6F3N2O/c1-15-6-4-2-3-5-7(6)14-8(13-5)9(10,11)12/h2-4H,1H2,(H,13,14). The third-order valence-electron chi connectivity index (χ3n) is 1.90. The fourth-order valence-electron chi connectivity index (χ4n) is 1.26. The van der Waals surface area contributed by atoms with Crippen LogP contribution in [-0.2, 0) is 6.18 Å². The number of hydrogen-bond donors (Lipinski definition) is 1. The zero-order valence-corrected chi connectivity index (χ0v) is 7.43. The Hall–Kier alpha value is -1.72. The predicted octanol–water partition coefficient (Wildman–Crippen LogP) is 2.75. The zero-order valence-electron chi connectivity index (χ0n) is 7.43. The minimum absolute atomic E-state index is 0.125. The number of aromatic amines is 1. The molecule has 1 aromatic heterocycles. The fourth-order valence-corrected chi connectivity index (χ4v) is 1.26. The molecule has 0 aliphatic heterocycles. The van der Waals surface area contributed by atoms with Crippen LogP contribution in [0.1, 0.15) is 5.82 Å². The van der Waals surface area contributed by atoms with E-state index >= 15 is 0 Å². The van der Waals surface area contributed by atoms with Crippen molar-refractivity contribution in [2.75, 3.05) is 0 Å². The van der Waals surface area contributed by atoms with Gasteiger partial charge in [0.25, 0.3) is 0 Å². The van der Waals surface area contributed by atoms with Crippen molar-refractivity contribution in [2.24, 2.45) is 0 Å². The number of benzene rings is 1. The first-order valence-corrected chi connectivity index (χ1v) is 4.00. The average Bonchev–Trinajstić information content (AvgIpc) is 2.59. The lowest BCUT2D eigenvalue weighted by molar-refractivity contribution is -0.144. The van der Waals surface area contributed by atoms with Crippen molar-refractivity contribution in [1.82, 2.24) is 9.97 Å². The highest BCUT2D eigenvalue weighted by Gasteiger charge is 2.35. The molecular weight excluding hydrogens is 209 g/mol. The molecule has 0 aliphatic carbocycles. The molecule has 2 rings (SSSR count). The van der Waals surface area contributed by atoms with Gasteiger partial charge in [-0.1, -0.05) is 6.07 Å². The summed E-state index contributed by atoms with van der Waals surface area (Å²) in [4.78, 5) is 5.58. The SMILES string of the molecule is [CH2]Oc1cccc2[nH]c(C(F)(F)F)nc12. The molecule has 0 fully saturated rings. The van der Waals surface area contributed by atoms with Crippen LogP contribution in [0, 0.1) is 7.11 Å². The third-order valence-corrected chi connectivity index (χ3v) is 1.90. The largest absolute Gasteiger partial charge is 0.488 e. The van der Waals surface area contributed by atoms with Gasteiger partial charge in [-0.25, -0.2) is 4.98 Å². The van der Waals surface area contributed by atoms with Crippen molar-refractivity contribution < 1.29 is 17.9 Å². The van der Waals surface area contributed by atoms with Gasteiger partial charge in [-0.15, -0.1) is 0 Å². The lowest BCUT2D eigenvalue weighted by Gasteiger charge is -1.99. The minimum Gasteiger partial charge on any atom is -0.488 e. The molecule has 3 nitrogen and oxygen atoms in total. The maximum absolute atomic E-state index is 12.3. The van der Waals surface area contributed by atoms with Crippen molar-refractivity contribution >= 4 is 11.0 Å². The molecular formula is C9H6F3N2O. The molecule has 0 aliphatic rings. The van der Waals surface area contributed by atoms with Crippen LogP contribution in [-0.4, -0.2) is 9.97 Å². The fraction of sp³-hybridized carbons (Fsp3) is 0.111. The number of imidazole rings is 1. The smallest absolute Gasteiger partial charge is 0.449 e. The molecule has 1 heterocycles. The maximum atomic E-state index is 12.3. The summed E-state index contributed by atoms with van der Waals surface area (Å²) in [5.41, 5.74) is 0.392. The lowest BCUT2D eigenvalue weighted by Crippen LogP contribution is -2.06. The Balaban J connectivity index is 2.65. The first-order chi connectivity index (χ1) is 7.02. The number of halogens is 3. The third kappa shape index (κ3) is 1.62. The highest BCUT2D eigenvalue weighted by molar-refractivity contribution is 5.81. The molecule has 1 radical (unpaired) electrons. The Labute approximate surface area is 82.9 Å². The van der Waals surface area contributed by atoms with Gasteiger partial charge in [0, 0.05) is 0 Å². The number of H-pyrrole nitrogens is 1. The van der Waals surface area contributed by atoms with Crippen LogP contribution < -0.4 is 4.74 Å². The quantitative estimate of drug-likeness (QED) is 0.794. The Morgan fingerprint density at radius 2 is 2.07 bits per heavy atom. The molecule has 0 unspecified atom stereocenters. The van der Waals surface area contributed by atoms with Gasteiger partial charge in [0.1, 0.15) is 18.4 Å². The van der Waals surface area contributed by atoms with Gasteiger partial charge >= 0.3 is 6.18 Å². The minimum atomic E-state index is -4.49. The number of nitrogens with zero attached hydrogens (tertiary/aromatic N) is 1. The van der Waals surface area contributed by atoms with Crippen LogP contribution in [0.15, 0.2) is 18.2 Å². The van der Waals surface area contributed by atoms with Gasteiger partial charge in [0.15, 0.2) is 0 Å². The van der Waals surface area contributed by atoms with Crippen molar-refractivity contribution in [2.45, 2.75) is 6.18 Å². The maximum Gasteiger partial charge on any atom is 0.449 e. The van der Waals surface area contributed by atoms with Crippen molar-refractivity contribution in [1.29, 1.82) is 0 Å². The second-order valence-electron chi connectivity index (χ2n) is 2.88. The van der Waals surface area contributed by atoms with Crippen LogP contribution in [0.3, 0.4) is 0 Å². The van der Waals surface area contributed by atoms with Crippen molar-refractivity contribution in [3.63, 3.8) is 0 Å². The number of ether oxygens (including phenoxy) is 1. The summed E-state index contributed by atoms with van der Waals surface area (Å²) in [7, 11) is 3.14. The Bertz CT molecular complexity index is 490. The van der Waals surface area contributed by atoms with Gasteiger partial charge in [-0.2, -0.15) is 13.2 Å². The Morgan fingerprint density at radius 3 is 2.67 bits per heavy atom. The van der Waals surface area contributed by atoms with E-state index in [-0.39, 0.29) is 16.8 Å². The summed E-state index contributed by atoms with van der Waals surface area (Å²) in [6, 6.07) is 4.54. The van der Waals surface area contributed by atoms with Crippen molar-refractivity contribution in [3.8, 4) is 5.75 Å². The van der Waals surface area contributed by atoms with Gasteiger partial charge < -0.3 is 9.72 Å². The van der Waals surface area contributed by atoms with E-state index in [2.05, 4.69) is 21.8 Å². The number of fused-ring (bicyclic) bond motifs is 1. The molecule has 0 saturated heterocycles. The lowest BCUT2D eigenvalue weighted by atomic mass is 10.3. The van der Waals surface area contributed by atoms with E-state index in [0.717, 1.165) is 0 Å². The number of rotatable bonds is 1. The van der Waals surface area contributed by atoms with Crippen molar-refractivity contribution in [3.05, 3.63) is 31.1 Å². The second-order valence-corrected chi connectivity index (χ2v) is 2.88. The summed E-state index contributed by atoms with van der Waals surface area (Å²) < 4.78 is 41.6. The monoisotopic (exact) mass is 215 g/mol. The van der Waals surface area contributed by atoms with E-state index in [4.69, 9.17) is 0 Å². The second kappa shape index (κ2) is 3.15. The summed E-state index contributed by atoms with van der Waals surface area (Å²) in [5, 5.41) is 0. The molecule has 1 N–H and O–H groups in total. The number of alkyl halides is 3. The predicted molar refractivity (Wildman–Crippen MR) is 47.1 cm³/mol. The van der Waals surface area contributed by atoms with Gasteiger partial charge in [-0.05, 0) is 12.1 Å². The van der Waals surface area contributed by atoms with Gasteiger partial charge in [0.2, 0.25) is 5.82 Å². The van der Waals surface area contributed by atoms with Gasteiger partial charge in [-0.3, -0.25) is 0 Å². The number of aromatic nitrogens is 2. The highest BCUT2D eigenvalue weighted by atomic mass is 19.4. The Morgan fingerprint density at radius 1 is 1.33 bits per heavy atom. The highest BCUT2D eigenvalue weighted by Crippen LogP contribution is 2.31. The Kier molecular flexibility index (Phi) is 2.06. The van der Waals surface area contributed by atoms with Crippen LogP contribution >= 0.6 is 0 Å². The van der Waals surface area contributed by atoms with Crippen LogP contribution in [0.2, 0.25) is 0 Å². The molecule has 0 saturated carbocycles. The first-order valence-electron chi connectivity index (χ1n) is 4.00. The van der Waals surface area contributed by atoms with E-state index in [1.807, 2.05) is 0 Å². The molecule has 0 amide bonds. The first kappa shape index (κ1) is 9.82. The molecule has 15 heavy (non-hydrogen) atoms. The summed E-state index contributed by atoms with van der Waals surface area (Å²) in [5.74, 6) is -0.832. The van der Waals surface area contributed by atoms with E-state index in [1.165, 1.54) is 12.1 Å². The summed E-state index contributed by atoms with van der Waals surface area (Å²) in [6.45, 7) is 0. The van der Waals surface area contributed by atoms with E-state index in [1.54, 1.807) is 6.07 Å². The van der Waals surface area contributed by atoms with E-state index in [0.29, 0.717) is 0 Å². The van der Waals surface area contributed by atoms with Gasteiger partial charge in [0.05, 0.1) is 5.52 Å². The average molecular weight is 215 g/mol. The van der Waals surface area contributed by atoms with Crippen LogP contribution in [0.5, 0.6) is 5.75 Å². The summed E-state index contributed by atoms with van der Waals surface area (Å²) in [6.07, 6.45) is -4.49. The number of nitrogens with one attached hydrogen (secondary N) is 1. The molecule has 79 valence electrons. The topological polar surface area (TPSA) is 37.9 Å².